The maximum atomic E-state index is 12.0. The molecule has 1 unspecified atom stereocenters. The van der Waals surface area contributed by atoms with Crippen LogP contribution in [-0.4, -0.2) is 46.7 Å². The Labute approximate surface area is 136 Å². The molecule has 0 radical (unpaired) electrons. The molecular weight excluding hydrogens is 296 g/mol. The molecule has 1 atom stereocenters. The molecule has 2 amide bonds. The van der Waals surface area contributed by atoms with E-state index in [2.05, 4.69) is 5.32 Å². The van der Waals surface area contributed by atoms with Crippen LogP contribution in [0.25, 0.3) is 0 Å². The van der Waals surface area contributed by atoms with Crippen molar-refractivity contribution in [2.45, 2.75) is 31.8 Å². The molecule has 126 valence electrons. The zero-order chi connectivity index (χ0) is 16.7. The second-order valence-electron chi connectivity index (χ2n) is 5.91. The van der Waals surface area contributed by atoms with Gasteiger partial charge in [0, 0.05) is 26.1 Å². The number of hydrogen-bond donors (Lipinski definition) is 3. The Kier molecular flexibility index (Phi) is 6.40. The lowest BCUT2D eigenvalue weighted by atomic mass is 9.87. The average molecular weight is 320 g/mol. The molecule has 3 N–H and O–H groups in total. The Morgan fingerprint density at radius 3 is 2.48 bits per heavy atom. The predicted octanol–water partition coefficient (Wildman–Crippen LogP) is 2.01. The molecule has 0 spiro atoms. The van der Waals surface area contributed by atoms with Gasteiger partial charge in [0.1, 0.15) is 0 Å². The molecule has 0 aromatic heterocycles. The predicted molar refractivity (Wildman–Crippen MR) is 86.0 cm³/mol. The highest BCUT2D eigenvalue weighted by molar-refractivity contribution is 5.74. The number of likely N-dealkylation sites (tertiary alicyclic amines) is 1. The van der Waals surface area contributed by atoms with Gasteiger partial charge in [-0.05, 0) is 30.7 Å². The lowest BCUT2D eigenvalue weighted by Crippen LogP contribution is -2.45. The Morgan fingerprint density at radius 2 is 1.87 bits per heavy atom. The van der Waals surface area contributed by atoms with Crippen molar-refractivity contribution in [1.29, 1.82) is 0 Å². The van der Waals surface area contributed by atoms with Crippen LogP contribution in [0.4, 0.5) is 4.79 Å². The molecule has 1 aromatic carbocycles. The molecule has 0 bridgehead atoms. The number of urea groups is 1. The number of carboxylic acids is 1. The molecule has 2 rings (SSSR count). The number of benzene rings is 1. The summed E-state index contributed by atoms with van der Waals surface area (Å²) in [5.41, 5.74) is 0.920. The molecule has 6 nitrogen and oxygen atoms in total. The molecule has 1 fully saturated rings. The number of piperidine rings is 1. The molecule has 0 saturated carbocycles. The van der Waals surface area contributed by atoms with Gasteiger partial charge in [0.15, 0.2) is 0 Å². The van der Waals surface area contributed by atoms with E-state index in [9.17, 15) is 14.7 Å². The summed E-state index contributed by atoms with van der Waals surface area (Å²) in [7, 11) is 0. The number of aliphatic carboxylic acids is 1. The van der Waals surface area contributed by atoms with Crippen molar-refractivity contribution in [3.63, 3.8) is 0 Å². The zero-order valence-corrected chi connectivity index (χ0v) is 13.1. The van der Waals surface area contributed by atoms with Gasteiger partial charge in [0.05, 0.1) is 6.10 Å². The number of aliphatic hydroxyl groups is 1. The Hall–Kier alpha value is -2.08. The van der Waals surface area contributed by atoms with Crippen molar-refractivity contribution < 1.29 is 19.8 Å². The lowest BCUT2D eigenvalue weighted by molar-refractivity contribution is -0.137. The average Bonchev–Trinajstić information content (AvgIpc) is 2.58. The van der Waals surface area contributed by atoms with Gasteiger partial charge in [0.2, 0.25) is 0 Å². The van der Waals surface area contributed by atoms with E-state index in [1.165, 1.54) is 0 Å². The van der Waals surface area contributed by atoms with Gasteiger partial charge in [-0.25, -0.2) is 4.79 Å². The summed E-state index contributed by atoms with van der Waals surface area (Å²) in [6, 6.07) is 9.45. The van der Waals surface area contributed by atoms with Crippen LogP contribution in [0.3, 0.4) is 0 Å². The lowest BCUT2D eigenvalue weighted by Gasteiger charge is -2.34. The summed E-state index contributed by atoms with van der Waals surface area (Å²) in [6.07, 6.45) is 1.53. The van der Waals surface area contributed by atoms with Gasteiger partial charge in [-0.15, -0.1) is 0 Å². The van der Waals surface area contributed by atoms with Crippen LogP contribution >= 0.6 is 0 Å². The zero-order valence-electron chi connectivity index (χ0n) is 13.1. The molecule has 1 saturated heterocycles. The smallest absolute Gasteiger partial charge is 0.317 e. The maximum absolute atomic E-state index is 12.0. The first-order valence-corrected chi connectivity index (χ1v) is 8.05. The number of carbonyl (C=O) groups is 2. The molecule has 1 aliphatic rings. The standard InChI is InChI=1S/C17H24N2O4/c20-15(21)7-4-10-18-17(23)19-11-8-14(9-12-19)16(22)13-5-2-1-3-6-13/h1-3,5-6,14,16,22H,4,7-12H2,(H,18,23)(H,20,21). The van der Waals surface area contributed by atoms with Crippen molar-refractivity contribution in [2.24, 2.45) is 5.92 Å². The fourth-order valence-electron chi connectivity index (χ4n) is 2.89. The highest BCUT2D eigenvalue weighted by Crippen LogP contribution is 2.30. The van der Waals surface area contributed by atoms with E-state index in [0.29, 0.717) is 26.1 Å². The Bertz CT molecular complexity index is 513. The largest absolute Gasteiger partial charge is 0.481 e. The summed E-state index contributed by atoms with van der Waals surface area (Å²) >= 11 is 0. The second-order valence-corrected chi connectivity index (χ2v) is 5.91. The SMILES string of the molecule is O=C(O)CCCNC(=O)N1CCC(C(O)c2ccccc2)CC1. The van der Waals surface area contributed by atoms with E-state index in [0.717, 1.165) is 18.4 Å². The van der Waals surface area contributed by atoms with Gasteiger partial charge in [0.25, 0.3) is 0 Å². The van der Waals surface area contributed by atoms with Gasteiger partial charge in [-0.2, -0.15) is 0 Å². The van der Waals surface area contributed by atoms with Gasteiger partial charge < -0.3 is 20.4 Å². The van der Waals surface area contributed by atoms with Crippen LogP contribution in [0.5, 0.6) is 0 Å². The van der Waals surface area contributed by atoms with Crippen molar-refractivity contribution in [3.05, 3.63) is 35.9 Å². The second kappa shape index (κ2) is 8.53. The highest BCUT2D eigenvalue weighted by atomic mass is 16.4. The van der Waals surface area contributed by atoms with E-state index in [4.69, 9.17) is 5.11 Å². The van der Waals surface area contributed by atoms with Crippen molar-refractivity contribution >= 4 is 12.0 Å². The minimum Gasteiger partial charge on any atom is -0.481 e. The Balaban J connectivity index is 1.73. The quantitative estimate of drug-likeness (QED) is 0.699. The first-order valence-electron chi connectivity index (χ1n) is 8.05. The van der Waals surface area contributed by atoms with E-state index < -0.39 is 12.1 Å². The van der Waals surface area contributed by atoms with Gasteiger partial charge in [-0.3, -0.25) is 4.79 Å². The number of nitrogens with zero attached hydrogens (tertiary/aromatic N) is 1. The molecule has 0 aliphatic carbocycles. The summed E-state index contributed by atoms with van der Waals surface area (Å²) in [6.45, 7) is 1.59. The topological polar surface area (TPSA) is 89.9 Å². The fourth-order valence-corrected chi connectivity index (χ4v) is 2.89. The normalized spacial score (nSPS) is 16.8. The maximum Gasteiger partial charge on any atom is 0.317 e. The van der Waals surface area contributed by atoms with Crippen LogP contribution in [0, 0.1) is 5.92 Å². The first kappa shape index (κ1) is 17.3. The molecule has 1 aliphatic heterocycles. The molecule has 6 heteroatoms. The molecule has 1 aromatic rings. The minimum absolute atomic E-state index is 0.0611. The van der Waals surface area contributed by atoms with E-state index in [1.54, 1.807) is 4.90 Å². The Morgan fingerprint density at radius 1 is 1.22 bits per heavy atom. The number of hydrogen-bond acceptors (Lipinski definition) is 3. The van der Waals surface area contributed by atoms with Crippen molar-refractivity contribution in [1.82, 2.24) is 10.2 Å². The van der Waals surface area contributed by atoms with Crippen LogP contribution in [0.15, 0.2) is 30.3 Å². The summed E-state index contributed by atoms with van der Waals surface area (Å²) in [5.74, 6) is -0.691. The number of amides is 2. The number of aliphatic hydroxyl groups excluding tert-OH is 1. The van der Waals surface area contributed by atoms with E-state index >= 15 is 0 Å². The van der Waals surface area contributed by atoms with Crippen LogP contribution in [-0.2, 0) is 4.79 Å². The molecule has 23 heavy (non-hydrogen) atoms. The van der Waals surface area contributed by atoms with Crippen molar-refractivity contribution in [3.8, 4) is 0 Å². The summed E-state index contributed by atoms with van der Waals surface area (Å²) < 4.78 is 0. The third-order valence-electron chi connectivity index (χ3n) is 4.26. The summed E-state index contributed by atoms with van der Waals surface area (Å²) in [4.78, 5) is 24.1. The van der Waals surface area contributed by atoms with Crippen LogP contribution in [0.2, 0.25) is 0 Å². The first-order chi connectivity index (χ1) is 11.1. The van der Waals surface area contributed by atoms with Crippen LogP contribution < -0.4 is 5.32 Å². The summed E-state index contributed by atoms with van der Waals surface area (Å²) in [5, 5.41) is 21.7. The highest BCUT2D eigenvalue weighted by Gasteiger charge is 2.28. The van der Waals surface area contributed by atoms with E-state index in [1.807, 2.05) is 30.3 Å². The van der Waals surface area contributed by atoms with Crippen LogP contribution in [0.1, 0.15) is 37.4 Å². The van der Waals surface area contributed by atoms with Gasteiger partial charge >= 0.3 is 12.0 Å². The minimum atomic E-state index is -0.852. The monoisotopic (exact) mass is 320 g/mol. The molecular formula is C17H24N2O4. The third kappa shape index (κ3) is 5.25. The number of carbonyl (C=O) groups excluding carboxylic acids is 1. The fraction of sp³-hybridized carbons (Fsp3) is 0.529. The third-order valence-corrected chi connectivity index (χ3v) is 4.26. The van der Waals surface area contributed by atoms with Gasteiger partial charge in [-0.1, -0.05) is 30.3 Å². The number of carboxylic acid groups (broad SMARTS) is 1. The number of nitrogens with one attached hydrogen (secondary N) is 1. The molecule has 1 heterocycles. The number of rotatable bonds is 6. The van der Waals surface area contributed by atoms with Crippen molar-refractivity contribution in [2.75, 3.05) is 19.6 Å². The van der Waals surface area contributed by atoms with E-state index in [-0.39, 0.29) is 18.4 Å².